The summed E-state index contributed by atoms with van der Waals surface area (Å²) in [5, 5.41) is 0. The first-order valence-electron chi connectivity index (χ1n) is 4.88. The Kier molecular flexibility index (Phi) is 2.78. The Morgan fingerprint density at radius 2 is 2.36 bits per heavy atom. The first kappa shape index (κ1) is 9.60. The second-order valence-electron chi connectivity index (χ2n) is 3.62. The molecule has 2 rings (SSSR count). The molecule has 0 amide bonds. The van der Waals surface area contributed by atoms with Crippen LogP contribution in [0.1, 0.15) is 11.1 Å². The van der Waals surface area contributed by atoms with Crippen molar-refractivity contribution in [2.75, 3.05) is 24.4 Å². The summed E-state index contributed by atoms with van der Waals surface area (Å²) in [6.45, 7) is 1.14. The minimum atomic E-state index is 0.580. The number of likely N-dealkylation sites (N-methyl/N-ethyl adjacent to an activating group) is 1. The third-order valence-corrected chi connectivity index (χ3v) is 2.81. The molecule has 0 atom stereocenters. The van der Waals surface area contributed by atoms with Crippen molar-refractivity contribution < 1.29 is 0 Å². The smallest absolute Gasteiger partial charge is 0.0407 e. The second-order valence-corrected chi connectivity index (χ2v) is 3.92. The first-order chi connectivity index (χ1) is 6.81. The van der Waals surface area contributed by atoms with Crippen LogP contribution in [0.15, 0.2) is 24.3 Å². The van der Waals surface area contributed by atoms with Gasteiger partial charge in [-0.2, -0.15) is 0 Å². The van der Waals surface area contributed by atoms with Gasteiger partial charge in [0.05, 0.1) is 0 Å². The van der Waals surface area contributed by atoms with Gasteiger partial charge in [0.1, 0.15) is 0 Å². The zero-order valence-electron chi connectivity index (χ0n) is 8.33. The highest BCUT2D eigenvalue weighted by Crippen LogP contribution is 2.27. The van der Waals surface area contributed by atoms with Gasteiger partial charge in [0.15, 0.2) is 0 Å². The number of rotatable bonds is 2. The SMILES string of the molecule is CN1CCc2cc(C=CCCl)ccc21. The first-order valence-corrected chi connectivity index (χ1v) is 5.41. The van der Waals surface area contributed by atoms with Crippen LogP contribution in [0.5, 0.6) is 0 Å². The van der Waals surface area contributed by atoms with Gasteiger partial charge in [-0.1, -0.05) is 18.2 Å². The van der Waals surface area contributed by atoms with Gasteiger partial charge in [-0.3, -0.25) is 0 Å². The van der Waals surface area contributed by atoms with Crippen LogP contribution in [-0.2, 0) is 6.42 Å². The van der Waals surface area contributed by atoms with E-state index >= 15 is 0 Å². The lowest BCUT2D eigenvalue weighted by atomic mass is 10.1. The van der Waals surface area contributed by atoms with Crippen molar-refractivity contribution in [3.8, 4) is 0 Å². The summed E-state index contributed by atoms with van der Waals surface area (Å²) in [5.74, 6) is 0.580. The summed E-state index contributed by atoms with van der Waals surface area (Å²) in [6, 6.07) is 6.59. The molecular formula is C12H14ClN. The highest BCUT2D eigenvalue weighted by molar-refractivity contribution is 6.19. The van der Waals surface area contributed by atoms with Gasteiger partial charge in [-0.05, 0) is 29.7 Å². The molecule has 0 aromatic heterocycles. The van der Waals surface area contributed by atoms with Crippen LogP contribution in [0.4, 0.5) is 5.69 Å². The lowest BCUT2D eigenvalue weighted by Gasteiger charge is -2.11. The van der Waals surface area contributed by atoms with Crippen LogP contribution in [0.3, 0.4) is 0 Å². The van der Waals surface area contributed by atoms with E-state index in [4.69, 9.17) is 11.6 Å². The number of halogens is 1. The monoisotopic (exact) mass is 207 g/mol. The van der Waals surface area contributed by atoms with Crippen molar-refractivity contribution >= 4 is 23.4 Å². The minimum absolute atomic E-state index is 0.580. The van der Waals surface area contributed by atoms with E-state index in [1.165, 1.54) is 16.8 Å². The Morgan fingerprint density at radius 1 is 1.50 bits per heavy atom. The summed E-state index contributed by atoms with van der Waals surface area (Å²) in [4.78, 5) is 2.30. The fraction of sp³-hybridized carbons (Fsp3) is 0.333. The molecule has 1 nitrogen and oxygen atoms in total. The number of hydrogen-bond acceptors (Lipinski definition) is 1. The predicted molar refractivity (Wildman–Crippen MR) is 63.2 cm³/mol. The number of nitrogens with zero attached hydrogens (tertiary/aromatic N) is 1. The van der Waals surface area contributed by atoms with E-state index in [0.717, 1.165) is 13.0 Å². The van der Waals surface area contributed by atoms with Gasteiger partial charge in [-0.15, -0.1) is 11.6 Å². The standard InChI is InChI=1S/C12H14ClN/c1-14-8-6-11-9-10(3-2-7-13)4-5-12(11)14/h2-5,9H,6-8H2,1H3. The molecule has 0 aliphatic carbocycles. The quantitative estimate of drug-likeness (QED) is 0.675. The molecule has 0 N–H and O–H groups in total. The number of fused-ring (bicyclic) bond motifs is 1. The van der Waals surface area contributed by atoms with Crippen LogP contribution in [0.2, 0.25) is 0 Å². The van der Waals surface area contributed by atoms with Gasteiger partial charge in [0, 0.05) is 25.2 Å². The maximum absolute atomic E-state index is 5.60. The fourth-order valence-corrected chi connectivity index (χ4v) is 1.96. The van der Waals surface area contributed by atoms with Crippen LogP contribution >= 0.6 is 11.6 Å². The number of alkyl halides is 1. The molecule has 0 saturated carbocycles. The van der Waals surface area contributed by atoms with Crippen LogP contribution in [-0.4, -0.2) is 19.5 Å². The van der Waals surface area contributed by atoms with E-state index in [-0.39, 0.29) is 0 Å². The van der Waals surface area contributed by atoms with Gasteiger partial charge in [0.25, 0.3) is 0 Å². The van der Waals surface area contributed by atoms with E-state index in [1.54, 1.807) is 0 Å². The fourth-order valence-electron chi connectivity index (χ4n) is 1.87. The van der Waals surface area contributed by atoms with Crippen LogP contribution < -0.4 is 4.90 Å². The third kappa shape index (κ3) is 1.78. The van der Waals surface area contributed by atoms with Gasteiger partial charge < -0.3 is 4.90 Å². The lowest BCUT2D eigenvalue weighted by molar-refractivity contribution is 0.956. The van der Waals surface area contributed by atoms with Gasteiger partial charge in [0.2, 0.25) is 0 Å². The van der Waals surface area contributed by atoms with E-state index < -0.39 is 0 Å². The molecule has 74 valence electrons. The maximum Gasteiger partial charge on any atom is 0.0407 e. The maximum atomic E-state index is 5.60. The highest BCUT2D eigenvalue weighted by Gasteiger charge is 2.14. The van der Waals surface area contributed by atoms with Gasteiger partial charge >= 0.3 is 0 Å². The second kappa shape index (κ2) is 4.05. The van der Waals surface area contributed by atoms with E-state index in [9.17, 15) is 0 Å². The highest BCUT2D eigenvalue weighted by atomic mass is 35.5. The van der Waals surface area contributed by atoms with E-state index in [2.05, 4.69) is 36.2 Å². The average Bonchev–Trinajstić information content (AvgIpc) is 2.57. The molecule has 0 saturated heterocycles. The normalized spacial score (nSPS) is 15.1. The molecule has 1 aliphatic rings. The summed E-state index contributed by atoms with van der Waals surface area (Å²) in [7, 11) is 2.14. The summed E-state index contributed by atoms with van der Waals surface area (Å²) >= 11 is 5.60. The van der Waals surface area contributed by atoms with E-state index in [0.29, 0.717) is 5.88 Å². The zero-order chi connectivity index (χ0) is 9.97. The molecule has 0 bridgehead atoms. The molecule has 0 radical (unpaired) electrons. The molecule has 1 aromatic carbocycles. The van der Waals surface area contributed by atoms with Crippen molar-refractivity contribution in [2.45, 2.75) is 6.42 Å². The minimum Gasteiger partial charge on any atom is -0.374 e. The molecule has 0 unspecified atom stereocenters. The number of anilines is 1. The number of hydrogen-bond donors (Lipinski definition) is 0. The van der Waals surface area contributed by atoms with Crippen molar-refractivity contribution in [2.24, 2.45) is 0 Å². The molecule has 0 fully saturated rings. The van der Waals surface area contributed by atoms with Crippen molar-refractivity contribution in [3.05, 3.63) is 35.4 Å². The Morgan fingerprint density at radius 3 is 3.14 bits per heavy atom. The average molecular weight is 208 g/mol. The number of benzene rings is 1. The molecule has 14 heavy (non-hydrogen) atoms. The summed E-state index contributed by atoms with van der Waals surface area (Å²) < 4.78 is 0. The molecule has 1 aliphatic heterocycles. The molecule has 1 aromatic rings. The van der Waals surface area contributed by atoms with Crippen LogP contribution in [0, 0.1) is 0 Å². The lowest BCUT2D eigenvalue weighted by Crippen LogP contribution is -2.12. The molecule has 0 spiro atoms. The van der Waals surface area contributed by atoms with E-state index in [1.807, 2.05) is 6.08 Å². The number of allylic oxidation sites excluding steroid dienone is 1. The molecular weight excluding hydrogens is 194 g/mol. The summed E-state index contributed by atoms with van der Waals surface area (Å²) in [6.07, 6.45) is 5.21. The predicted octanol–water partition coefficient (Wildman–Crippen LogP) is 2.93. The molecule has 2 heteroatoms. The van der Waals surface area contributed by atoms with Crippen LogP contribution in [0.25, 0.3) is 6.08 Å². The zero-order valence-corrected chi connectivity index (χ0v) is 9.09. The van der Waals surface area contributed by atoms with Gasteiger partial charge in [-0.25, -0.2) is 0 Å². The Balaban J connectivity index is 2.28. The topological polar surface area (TPSA) is 3.24 Å². The van der Waals surface area contributed by atoms with Crippen molar-refractivity contribution in [1.82, 2.24) is 0 Å². The van der Waals surface area contributed by atoms with Crippen molar-refractivity contribution in [1.29, 1.82) is 0 Å². The Bertz CT molecular complexity index is 357. The summed E-state index contributed by atoms with van der Waals surface area (Å²) in [5.41, 5.74) is 4.07. The Labute approximate surface area is 90.0 Å². The third-order valence-electron chi connectivity index (χ3n) is 2.63. The van der Waals surface area contributed by atoms with Crippen molar-refractivity contribution in [3.63, 3.8) is 0 Å². The molecule has 1 heterocycles. The Hall–Kier alpha value is -0.950. The largest absolute Gasteiger partial charge is 0.374 e.